The maximum absolute atomic E-state index is 13.2. The Morgan fingerprint density at radius 2 is 1.71 bits per heavy atom. The molecule has 0 saturated carbocycles. The molecule has 0 radical (unpaired) electrons. The third kappa shape index (κ3) is 4.12. The standard InChI is InChI=1S/C17H16F2O2/c1-11(2)21-17-6-4-3-5-15(17)16(20)9-12-7-13(18)10-14(19)8-12/h3-8,10-11H,9H2,1-2H3. The van der Waals surface area contributed by atoms with Gasteiger partial charge in [-0.1, -0.05) is 12.1 Å². The normalized spacial score (nSPS) is 10.7. The summed E-state index contributed by atoms with van der Waals surface area (Å²) in [5, 5.41) is 0. The average Bonchev–Trinajstić information content (AvgIpc) is 2.37. The molecule has 2 aromatic rings. The summed E-state index contributed by atoms with van der Waals surface area (Å²) >= 11 is 0. The van der Waals surface area contributed by atoms with Crippen LogP contribution in [0, 0.1) is 11.6 Å². The second-order valence-electron chi connectivity index (χ2n) is 5.04. The summed E-state index contributed by atoms with van der Waals surface area (Å²) in [5.74, 6) is -1.14. The number of benzene rings is 2. The molecular weight excluding hydrogens is 274 g/mol. The van der Waals surface area contributed by atoms with Crippen molar-refractivity contribution in [1.29, 1.82) is 0 Å². The van der Waals surface area contributed by atoms with Crippen molar-refractivity contribution in [2.24, 2.45) is 0 Å². The number of Topliss-reactive ketones (excluding diaryl/α,β-unsaturated/α-hetero) is 1. The first kappa shape index (κ1) is 15.2. The van der Waals surface area contributed by atoms with Crippen LogP contribution in [0.25, 0.3) is 0 Å². The van der Waals surface area contributed by atoms with Gasteiger partial charge in [-0.05, 0) is 43.7 Å². The van der Waals surface area contributed by atoms with E-state index in [1.54, 1.807) is 24.3 Å². The van der Waals surface area contributed by atoms with E-state index in [0.717, 1.165) is 18.2 Å². The number of ether oxygens (including phenoxy) is 1. The summed E-state index contributed by atoms with van der Waals surface area (Å²) in [6.45, 7) is 3.73. The Morgan fingerprint density at radius 1 is 1.10 bits per heavy atom. The van der Waals surface area contributed by atoms with Crippen LogP contribution in [0.5, 0.6) is 5.75 Å². The largest absolute Gasteiger partial charge is 0.490 e. The van der Waals surface area contributed by atoms with Gasteiger partial charge in [-0.2, -0.15) is 0 Å². The van der Waals surface area contributed by atoms with Crippen LogP contribution in [-0.4, -0.2) is 11.9 Å². The first-order chi connectivity index (χ1) is 9.95. The van der Waals surface area contributed by atoms with E-state index in [9.17, 15) is 13.6 Å². The molecule has 110 valence electrons. The molecule has 0 aliphatic carbocycles. The van der Waals surface area contributed by atoms with Crippen molar-refractivity contribution in [3.05, 3.63) is 65.2 Å². The van der Waals surface area contributed by atoms with Gasteiger partial charge in [0.05, 0.1) is 11.7 Å². The van der Waals surface area contributed by atoms with Crippen LogP contribution in [0.3, 0.4) is 0 Å². The lowest BCUT2D eigenvalue weighted by Gasteiger charge is -2.13. The summed E-state index contributed by atoms with van der Waals surface area (Å²) in [5.41, 5.74) is 0.715. The highest BCUT2D eigenvalue weighted by Gasteiger charge is 2.14. The van der Waals surface area contributed by atoms with Crippen molar-refractivity contribution in [1.82, 2.24) is 0 Å². The zero-order valence-electron chi connectivity index (χ0n) is 11.9. The molecule has 21 heavy (non-hydrogen) atoms. The highest BCUT2D eigenvalue weighted by atomic mass is 19.1. The van der Waals surface area contributed by atoms with Gasteiger partial charge in [0.25, 0.3) is 0 Å². The van der Waals surface area contributed by atoms with E-state index in [0.29, 0.717) is 16.9 Å². The topological polar surface area (TPSA) is 26.3 Å². The van der Waals surface area contributed by atoms with Gasteiger partial charge in [0.2, 0.25) is 0 Å². The Morgan fingerprint density at radius 3 is 2.33 bits per heavy atom. The predicted octanol–water partition coefficient (Wildman–Crippen LogP) is 4.18. The van der Waals surface area contributed by atoms with E-state index >= 15 is 0 Å². The summed E-state index contributed by atoms with van der Waals surface area (Å²) in [7, 11) is 0. The van der Waals surface area contributed by atoms with Crippen molar-refractivity contribution in [2.75, 3.05) is 0 Å². The SMILES string of the molecule is CC(C)Oc1ccccc1C(=O)Cc1cc(F)cc(F)c1. The minimum atomic E-state index is -0.690. The number of ketones is 1. The molecular formula is C17H16F2O2. The predicted molar refractivity (Wildman–Crippen MR) is 76.6 cm³/mol. The van der Waals surface area contributed by atoms with E-state index in [2.05, 4.69) is 0 Å². The maximum Gasteiger partial charge on any atom is 0.170 e. The third-order valence-corrected chi connectivity index (χ3v) is 2.84. The molecule has 2 aromatic carbocycles. The van der Waals surface area contributed by atoms with Crippen LogP contribution in [0.1, 0.15) is 29.8 Å². The minimum absolute atomic E-state index is 0.0643. The number of carbonyl (C=O) groups is 1. The molecule has 0 spiro atoms. The Balaban J connectivity index is 2.24. The van der Waals surface area contributed by atoms with E-state index < -0.39 is 11.6 Å². The zero-order chi connectivity index (χ0) is 15.4. The molecule has 0 bridgehead atoms. The second-order valence-corrected chi connectivity index (χ2v) is 5.04. The summed E-state index contributed by atoms with van der Waals surface area (Å²) < 4.78 is 31.9. The van der Waals surface area contributed by atoms with Crippen molar-refractivity contribution in [3.8, 4) is 5.75 Å². The number of para-hydroxylation sites is 1. The molecule has 0 heterocycles. The Bertz CT molecular complexity index is 631. The Labute approximate surface area is 122 Å². The lowest BCUT2D eigenvalue weighted by molar-refractivity contribution is 0.0987. The van der Waals surface area contributed by atoms with Crippen molar-refractivity contribution in [2.45, 2.75) is 26.4 Å². The molecule has 0 saturated heterocycles. The lowest BCUT2D eigenvalue weighted by atomic mass is 10.0. The van der Waals surface area contributed by atoms with Crippen molar-refractivity contribution >= 4 is 5.78 Å². The maximum atomic E-state index is 13.2. The smallest absolute Gasteiger partial charge is 0.170 e. The molecule has 2 rings (SSSR count). The fourth-order valence-electron chi connectivity index (χ4n) is 2.05. The first-order valence-electron chi connectivity index (χ1n) is 6.69. The summed E-state index contributed by atoms with van der Waals surface area (Å²) in [4.78, 5) is 12.3. The average molecular weight is 290 g/mol. The number of halogens is 2. The quantitative estimate of drug-likeness (QED) is 0.772. The Kier molecular flexibility index (Phi) is 4.68. The minimum Gasteiger partial charge on any atom is -0.490 e. The number of rotatable bonds is 5. The first-order valence-corrected chi connectivity index (χ1v) is 6.69. The van der Waals surface area contributed by atoms with Crippen LogP contribution in [0.2, 0.25) is 0 Å². The highest BCUT2D eigenvalue weighted by molar-refractivity contribution is 5.99. The molecule has 0 unspecified atom stereocenters. The summed E-state index contributed by atoms with van der Waals surface area (Å²) in [6.07, 6.45) is -0.141. The number of carbonyl (C=O) groups excluding carboxylic acids is 1. The van der Waals surface area contributed by atoms with Gasteiger partial charge >= 0.3 is 0 Å². The van der Waals surface area contributed by atoms with Gasteiger partial charge in [0.15, 0.2) is 5.78 Å². The molecule has 0 atom stereocenters. The Hall–Kier alpha value is -2.23. The van der Waals surface area contributed by atoms with Crippen LogP contribution >= 0.6 is 0 Å². The van der Waals surface area contributed by atoms with Gasteiger partial charge in [-0.3, -0.25) is 4.79 Å². The molecule has 0 aliphatic heterocycles. The number of hydrogen-bond donors (Lipinski definition) is 0. The number of hydrogen-bond acceptors (Lipinski definition) is 2. The van der Waals surface area contributed by atoms with Gasteiger partial charge < -0.3 is 4.74 Å². The second kappa shape index (κ2) is 6.48. The van der Waals surface area contributed by atoms with E-state index in [1.807, 2.05) is 13.8 Å². The monoisotopic (exact) mass is 290 g/mol. The fraction of sp³-hybridized carbons (Fsp3) is 0.235. The van der Waals surface area contributed by atoms with E-state index in [4.69, 9.17) is 4.74 Å². The van der Waals surface area contributed by atoms with Crippen LogP contribution in [0.15, 0.2) is 42.5 Å². The van der Waals surface area contributed by atoms with Crippen LogP contribution in [0.4, 0.5) is 8.78 Å². The van der Waals surface area contributed by atoms with Gasteiger partial charge in [-0.25, -0.2) is 8.78 Å². The zero-order valence-corrected chi connectivity index (χ0v) is 11.9. The third-order valence-electron chi connectivity index (χ3n) is 2.84. The van der Waals surface area contributed by atoms with Gasteiger partial charge in [0, 0.05) is 12.5 Å². The van der Waals surface area contributed by atoms with Crippen LogP contribution < -0.4 is 4.74 Å². The molecule has 0 N–H and O–H groups in total. The molecule has 0 amide bonds. The fourth-order valence-corrected chi connectivity index (χ4v) is 2.05. The lowest BCUT2D eigenvalue weighted by Crippen LogP contribution is -2.11. The molecule has 0 aromatic heterocycles. The van der Waals surface area contributed by atoms with E-state index in [-0.39, 0.29) is 18.3 Å². The van der Waals surface area contributed by atoms with Gasteiger partial charge in [0.1, 0.15) is 17.4 Å². The molecule has 4 heteroatoms. The molecule has 2 nitrogen and oxygen atoms in total. The van der Waals surface area contributed by atoms with Crippen molar-refractivity contribution in [3.63, 3.8) is 0 Å². The van der Waals surface area contributed by atoms with Crippen molar-refractivity contribution < 1.29 is 18.3 Å². The highest BCUT2D eigenvalue weighted by Crippen LogP contribution is 2.22. The summed E-state index contributed by atoms with van der Waals surface area (Å²) in [6, 6.07) is 9.96. The molecule has 0 aliphatic rings. The van der Waals surface area contributed by atoms with Crippen LogP contribution in [-0.2, 0) is 6.42 Å². The van der Waals surface area contributed by atoms with Gasteiger partial charge in [-0.15, -0.1) is 0 Å². The molecule has 0 fully saturated rings. The van der Waals surface area contributed by atoms with E-state index in [1.165, 1.54) is 0 Å².